The molecule has 0 saturated carbocycles. The molecule has 0 saturated heterocycles. The molecular formula is C22H21FN4O5S. The second kappa shape index (κ2) is 9.33. The lowest BCUT2D eigenvalue weighted by atomic mass is 10.2. The van der Waals surface area contributed by atoms with Crippen LogP contribution in [0.25, 0.3) is 17.3 Å². The summed E-state index contributed by atoms with van der Waals surface area (Å²) in [5.41, 5.74) is 1.08. The summed E-state index contributed by atoms with van der Waals surface area (Å²) < 4.78 is 59.3. The van der Waals surface area contributed by atoms with Crippen LogP contribution in [0.1, 0.15) is 5.56 Å². The van der Waals surface area contributed by atoms with Gasteiger partial charge in [-0.15, -0.1) is 10.2 Å². The van der Waals surface area contributed by atoms with Crippen molar-refractivity contribution in [2.45, 2.75) is 6.42 Å². The van der Waals surface area contributed by atoms with Crippen molar-refractivity contribution in [1.82, 2.24) is 14.8 Å². The molecule has 9 nitrogen and oxygen atoms in total. The van der Waals surface area contributed by atoms with E-state index in [1.165, 1.54) is 37.2 Å². The zero-order valence-electron chi connectivity index (χ0n) is 17.9. The van der Waals surface area contributed by atoms with Crippen molar-refractivity contribution in [3.8, 4) is 28.8 Å². The van der Waals surface area contributed by atoms with Crippen LogP contribution in [0.4, 0.5) is 10.3 Å². The molecule has 0 radical (unpaired) electrons. The van der Waals surface area contributed by atoms with Gasteiger partial charge in [0, 0.05) is 0 Å². The number of sulfonamides is 1. The van der Waals surface area contributed by atoms with Crippen LogP contribution in [0, 0.1) is 5.82 Å². The number of methoxy groups -OCH3 is 2. The fraction of sp³-hybridized carbons (Fsp3) is 0.182. The summed E-state index contributed by atoms with van der Waals surface area (Å²) >= 11 is 0. The lowest BCUT2D eigenvalue weighted by Crippen LogP contribution is -2.21. The summed E-state index contributed by atoms with van der Waals surface area (Å²) in [7, 11) is -0.872. The summed E-state index contributed by atoms with van der Waals surface area (Å²) in [5.74, 6) is 0.742. The smallest absolute Gasteiger partial charge is 0.243 e. The van der Waals surface area contributed by atoms with Gasteiger partial charge >= 0.3 is 0 Å². The van der Waals surface area contributed by atoms with Crippen molar-refractivity contribution in [2.75, 3.05) is 24.7 Å². The van der Waals surface area contributed by atoms with Gasteiger partial charge in [-0.3, -0.25) is 9.29 Å². The SMILES string of the molecule is COc1cccc(OC)c1-n1c(NS(=O)(=O)CCc2ccc(F)cc2)nnc1-c1ccco1. The molecule has 11 heteroatoms. The normalized spacial score (nSPS) is 11.4. The second-order valence-corrected chi connectivity index (χ2v) is 8.81. The summed E-state index contributed by atoms with van der Waals surface area (Å²) in [4.78, 5) is 0. The number of hydrogen-bond donors (Lipinski definition) is 1. The molecule has 4 rings (SSSR count). The average Bonchev–Trinajstić information content (AvgIpc) is 3.48. The maximum absolute atomic E-state index is 13.1. The molecule has 0 atom stereocenters. The van der Waals surface area contributed by atoms with Crippen LogP contribution in [0.2, 0.25) is 0 Å². The number of benzene rings is 2. The first-order valence-corrected chi connectivity index (χ1v) is 11.5. The lowest BCUT2D eigenvalue weighted by molar-refractivity contribution is 0.391. The van der Waals surface area contributed by atoms with Crippen molar-refractivity contribution in [3.63, 3.8) is 0 Å². The minimum atomic E-state index is -3.85. The number of ether oxygens (including phenoxy) is 2. The van der Waals surface area contributed by atoms with Crippen LogP contribution in [0.5, 0.6) is 11.5 Å². The Morgan fingerprint density at radius 3 is 2.30 bits per heavy atom. The van der Waals surface area contributed by atoms with E-state index in [0.717, 1.165) is 0 Å². The lowest BCUT2D eigenvalue weighted by Gasteiger charge is -2.17. The summed E-state index contributed by atoms with van der Waals surface area (Å²) in [5, 5.41) is 8.19. The van der Waals surface area contributed by atoms with Gasteiger partial charge in [-0.05, 0) is 48.4 Å². The Hall–Kier alpha value is -3.86. The molecule has 0 spiro atoms. The quantitative estimate of drug-likeness (QED) is 0.396. The van der Waals surface area contributed by atoms with Crippen molar-refractivity contribution in [2.24, 2.45) is 0 Å². The summed E-state index contributed by atoms with van der Waals surface area (Å²) in [6.07, 6.45) is 1.66. The van der Waals surface area contributed by atoms with E-state index in [2.05, 4.69) is 14.9 Å². The molecule has 0 bridgehead atoms. The molecule has 0 amide bonds. The molecule has 33 heavy (non-hydrogen) atoms. The van der Waals surface area contributed by atoms with Crippen LogP contribution in [-0.2, 0) is 16.4 Å². The number of aryl methyl sites for hydroxylation is 1. The fourth-order valence-electron chi connectivity index (χ4n) is 3.27. The topological polar surface area (TPSA) is 108 Å². The maximum atomic E-state index is 13.1. The number of furan rings is 1. The minimum absolute atomic E-state index is 0.0664. The molecule has 2 heterocycles. The van der Waals surface area contributed by atoms with Gasteiger partial charge in [-0.25, -0.2) is 12.8 Å². The number of aromatic nitrogens is 3. The minimum Gasteiger partial charge on any atom is -0.494 e. The van der Waals surface area contributed by atoms with E-state index < -0.39 is 10.0 Å². The van der Waals surface area contributed by atoms with Crippen molar-refractivity contribution >= 4 is 16.0 Å². The van der Waals surface area contributed by atoms with Gasteiger partial charge in [0.15, 0.2) is 5.76 Å². The predicted molar refractivity (Wildman–Crippen MR) is 120 cm³/mol. The van der Waals surface area contributed by atoms with E-state index in [1.807, 2.05) is 0 Å². The Morgan fingerprint density at radius 2 is 1.70 bits per heavy atom. The van der Waals surface area contributed by atoms with Crippen LogP contribution >= 0.6 is 0 Å². The van der Waals surface area contributed by atoms with Crippen LogP contribution in [0.15, 0.2) is 65.3 Å². The largest absolute Gasteiger partial charge is 0.494 e. The number of nitrogens with one attached hydrogen (secondary N) is 1. The number of para-hydroxylation sites is 1. The fourth-order valence-corrected chi connectivity index (χ4v) is 4.29. The molecule has 0 unspecified atom stereocenters. The average molecular weight is 472 g/mol. The Labute approximate surface area is 189 Å². The molecule has 2 aromatic carbocycles. The summed E-state index contributed by atoms with van der Waals surface area (Å²) in [6, 6.07) is 14.2. The Kier molecular flexibility index (Phi) is 6.31. The van der Waals surface area contributed by atoms with E-state index in [0.29, 0.717) is 28.5 Å². The predicted octanol–water partition coefficient (Wildman–Crippen LogP) is 3.67. The zero-order chi connectivity index (χ0) is 23.4. The number of nitrogens with zero attached hydrogens (tertiary/aromatic N) is 3. The van der Waals surface area contributed by atoms with E-state index in [9.17, 15) is 12.8 Å². The van der Waals surface area contributed by atoms with Gasteiger partial charge in [0.25, 0.3) is 0 Å². The van der Waals surface area contributed by atoms with E-state index >= 15 is 0 Å². The molecular weight excluding hydrogens is 451 g/mol. The second-order valence-electron chi connectivity index (χ2n) is 6.97. The highest BCUT2D eigenvalue weighted by Gasteiger charge is 2.26. The number of rotatable bonds is 9. The Morgan fingerprint density at radius 1 is 1.00 bits per heavy atom. The highest BCUT2D eigenvalue weighted by molar-refractivity contribution is 7.92. The third-order valence-corrected chi connectivity index (χ3v) is 6.08. The van der Waals surface area contributed by atoms with Gasteiger partial charge < -0.3 is 13.9 Å². The zero-order valence-corrected chi connectivity index (χ0v) is 18.7. The van der Waals surface area contributed by atoms with Crippen LogP contribution < -0.4 is 14.2 Å². The number of halogens is 1. The molecule has 0 aliphatic rings. The Bertz CT molecular complexity index is 1310. The first-order chi connectivity index (χ1) is 15.9. The van der Waals surface area contributed by atoms with Gasteiger partial charge in [0.05, 0.1) is 26.2 Å². The Balaban J connectivity index is 1.73. The van der Waals surface area contributed by atoms with Crippen molar-refractivity contribution < 1.29 is 26.7 Å². The van der Waals surface area contributed by atoms with E-state index in [4.69, 9.17) is 13.9 Å². The third-order valence-electron chi connectivity index (χ3n) is 4.85. The monoisotopic (exact) mass is 472 g/mol. The van der Waals surface area contributed by atoms with Gasteiger partial charge in [0.2, 0.25) is 21.8 Å². The number of anilines is 1. The first-order valence-electron chi connectivity index (χ1n) is 9.87. The first kappa shape index (κ1) is 22.3. The van der Waals surface area contributed by atoms with E-state index in [-0.39, 0.29) is 29.8 Å². The molecule has 172 valence electrons. The van der Waals surface area contributed by atoms with Gasteiger partial charge in [0.1, 0.15) is 23.0 Å². The van der Waals surface area contributed by atoms with Crippen LogP contribution in [0.3, 0.4) is 0 Å². The standard InChI is InChI=1S/C22H21FN4O5S/c1-30-17-5-3-6-18(31-2)20(17)27-21(19-7-4-13-32-19)24-25-22(27)26-33(28,29)14-12-15-8-10-16(23)11-9-15/h3-11,13H,12,14H2,1-2H3,(H,25,26). The number of hydrogen-bond acceptors (Lipinski definition) is 7. The van der Waals surface area contributed by atoms with Gasteiger partial charge in [-0.1, -0.05) is 18.2 Å². The van der Waals surface area contributed by atoms with Crippen molar-refractivity contribution in [3.05, 3.63) is 72.2 Å². The summed E-state index contributed by atoms with van der Waals surface area (Å²) in [6.45, 7) is 0. The van der Waals surface area contributed by atoms with Crippen molar-refractivity contribution in [1.29, 1.82) is 0 Å². The molecule has 0 aliphatic carbocycles. The highest BCUT2D eigenvalue weighted by atomic mass is 32.2. The van der Waals surface area contributed by atoms with Crippen LogP contribution in [-0.4, -0.2) is 43.2 Å². The maximum Gasteiger partial charge on any atom is 0.243 e. The van der Waals surface area contributed by atoms with Gasteiger partial charge in [-0.2, -0.15) is 0 Å². The third kappa shape index (κ3) is 4.82. The molecule has 4 aromatic rings. The van der Waals surface area contributed by atoms with E-state index in [1.54, 1.807) is 42.5 Å². The molecule has 0 fully saturated rings. The highest BCUT2D eigenvalue weighted by Crippen LogP contribution is 2.37. The molecule has 0 aliphatic heterocycles. The molecule has 2 aromatic heterocycles. The molecule has 1 N–H and O–H groups in total.